The van der Waals surface area contributed by atoms with E-state index in [4.69, 9.17) is 9.84 Å². The number of carbonyl (C=O) groups is 1. The first-order valence-corrected chi connectivity index (χ1v) is 7.16. The number of rotatable bonds is 7. The summed E-state index contributed by atoms with van der Waals surface area (Å²) in [5.74, 6) is 0.0905. The summed E-state index contributed by atoms with van der Waals surface area (Å²) in [5, 5.41) is 8.92. The van der Waals surface area contributed by atoms with Crippen LogP contribution in [-0.4, -0.2) is 30.2 Å². The van der Waals surface area contributed by atoms with Gasteiger partial charge >= 0.3 is 0 Å². The van der Waals surface area contributed by atoms with Gasteiger partial charge in [-0.25, -0.2) is 0 Å². The second-order valence-electron chi connectivity index (χ2n) is 5.47. The van der Waals surface area contributed by atoms with Gasteiger partial charge in [-0.15, -0.1) is 6.58 Å². The fourth-order valence-electron chi connectivity index (χ4n) is 2.83. The van der Waals surface area contributed by atoms with Crippen molar-refractivity contribution in [2.24, 2.45) is 0 Å². The van der Waals surface area contributed by atoms with Crippen molar-refractivity contribution < 1.29 is 14.6 Å². The number of Topliss-reactive ketones (excluding diaryl/α,β-unsaturated/α-hetero) is 1. The van der Waals surface area contributed by atoms with Crippen LogP contribution < -0.4 is 0 Å². The molecule has 3 heteroatoms. The Labute approximate surface area is 122 Å². The van der Waals surface area contributed by atoms with Gasteiger partial charge in [-0.05, 0) is 57.6 Å². The molecule has 0 amide bonds. The molecule has 112 valence electrons. The van der Waals surface area contributed by atoms with Crippen LogP contribution >= 0.6 is 0 Å². The SMILES string of the molecule is C=CC/C(CCCCO)=C1\C(=O)C(C)=C(C)C1(C)OC. The maximum atomic E-state index is 12.6. The Balaban J connectivity index is 3.24. The summed E-state index contributed by atoms with van der Waals surface area (Å²) in [6.45, 7) is 9.75. The van der Waals surface area contributed by atoms with Gasteiger partial charge in [0.1, 0.15) is 5.60 Å². The van der Waals surface area contributed by atoms with Crippen LogP contribution in [0, 0.1) is 0 Å². The van der Waals surface area contributed by atoms with Crippen molar-refractivity contribution in [2.45, 2.75) is 52.1 Å². The maximum absolute atomic E-state index is 12.6. The summed E-state index contributed by atoms with van der Waals surface area (Å²) in [7, 11) is 1.65. The fraction of sp³-hybridized carbons (Fsp3) is 0.588. The molecular formula is C17H26O3. The van der Waals surface area contributed by atoms with E-state index < -0.39 is 5.60 Å². The predicted octanol–water partition coefficient (Wildman–Crippen LogP) is 3.35. The molecule has 0 bridgehead atoms. The summed E-state index contributed by atoms with van der Waals surface area (Å²) in [6.07, 6.45) is 4.93. The summed E-state index contributed by atoms with van der Waals surface area (Å²) in [4.78, 5) is 12.6. The number of hydrogen-bond acceptors (Lipinski definition) is 3. The van der Waals surface area contributed by atoms with E-state index in [2.05, 4.69) is 6.58 Å². The number of allylic oxidation sites excluding steroid dienone is 3. The third kappa shape index (κ3) is 2.94. The zero-order chi connectivity index (χ0) is 15.3. The van der Waals surface area contributed by atoms with Crippen molar-refractivity contribution >= 4 is 5.78 Å². The van der Waals surface area contributed by atoms with Gasteiger partial charge in [0.25, 0.3) is 0 Å². The lowest BCUT2D eigenvalue weighted by Gasteiger charge is -2.28. The van der Waals surface area contributed by atoms with Crippen LogP contribution in [0.1, 0.15) is 46.5 Å². The smallest absolute Gasteiger partial charge is 0.187 e. The number of unbranched alkanes of at least 4 members (excludes halogenated alkanes) is 1. The average molecular weight is 278 g/mol. The van der Waals surface area contributed by atoms with Crippen LogP contribution in [0.3, 0.4) is 0 Å². The van der Waals surface area contributed by atoms with E-state index in [-0.39, 0.29) is 12.4 Å². The number of aliphatic hydroxyl groups excluding tert-OH is 1. The first-order valence-electron chi connectivity index (χ1n) is 7.16. The van der Waals surface area contributed by atoms with Crippen LogP contribution in [0.4, 0.5) is 0 Å². The maximum Gasteiger partial charge on any atom is 0.187 e. The molecule has 20 heavy (non-hydrogen) atoms. The van der Waals surface area contributed by atoms with E-state index in [0.717, 1.165) is 41.6 Å². The van der Waals surface area contributed by atoms with Crippen molar-refractivity contribution in [1.29, 1.82) is 0 Å². The molecule has 1 unspecified atom stereocenters. The Morgan fingerprint density at radius 3 is 2.55 bits per heavy atom. The molecule has 0 saturated heterocycles. The van der Waals surface area contributed by atoms with Gasteiger partial charge in [-0.2, -0.15) is 0 Å². The van der Waals surface area contributed by atoms with Crippen LogP contribution in [0.15, 0.2) is 34.9 Å². The van der Waals surface area contributed by atoms with Gasteiger partial charge in [0.05, 0.1) is 0 Å². The molecule has 0 saturated carbocycles. The van der Waals surface area contributed by atoms with Crippen molar-refractivity contribution in [3.63, 3.8) is 0 Å². The van der Waals surface area contributed by atoms with Gasteiger partial charge in [0, 0.05) is 19.3 Å². The molecule has 1 rings (SSSR count). The van der Waals surface area contributed by atoms with Crippen molar-refractivity contribution in [2.75, 3.05) is 13.7 Å². The highest BCUT2D eigenvalue weighted by Crippen LogP contribution is 2.42. The monoisotopic (exact) mass is 278 g/mol. The van der Waals surface area contributed by atoms with Crippen LogP contribution in [-0.2, 0) is 9.53 Å². The second kappa shape index (κ2) is 7.00. The summed E-state index contributed by atoms with van der Waals surface area (Å²) < 4.78 is 5.68. The number of methoxy groups -OCH3 is 1. The zero-order valence-electron chi connectivity index (χ0n) is 13.1. The molecule has 1 N–H and O–H groups in total. The quantitative estimate of drug-likeness (QED) is 0.441. The minimum atomic E-state index is -0.626. The molecule has 3 nitrogen and oxygen atoms in total. The Bertz CT molecular complexity index is 457. The Kier molecular flexibility index (Phi) is 5.90. The second-order valence-corrected chi connectivity index (χ2v) is 5.47. The van der Waals surface area contributed by atoms with Crippen molar-refractivity contribution in [1.82, 2.24) is 0 Å². The van der Waals surface area contributed by atoms with Crippen LogP contribution in [0.5, 0.6) is 0 Å². The third-order valence-corrected chi connectivity index (χ3v) is 4.36. The molecule has 0 aromatic rings. The highest BCUT2D eigenvalue weighted by Gasteiger charge is 2.44. The van der Waals surface area contributed by atoms with Crippen LogP contribution in [0.25, 0.3) is 0 Å². The lowest BCUT2D eigenvalue weighted by molar-refractivity contribution is -0.113. The van der Waals surface area contributed by atoms with E-state index in [1.807, 2.05) is 26.8 Å². The minimum absolute atomic E-state index is 0.0905. The highest BCUT2D eigenvalue weighted by molar-refractivity contribution is 6.14. The fourth-order valence-corrected chi connectivity index (χ4v) is 2.83. The van der Waals surface area contributed by atoms with Gasteiger partial charge < -0.3 is 9.84 Å². The van der Waals surface area contributed by atoms with E-state index >= 15 is 0 Å². The lowest BCUT2D eigenvalue weighted by Crippen LogP contribution is -2.31. The summed E-state index contributed by atoms with van der Waals surface area (Å²) in [5.41, 5.74) is 3.00. The van der Waals surface area contributed by atoms with Gasteiger partial charge in [-0.1, -0.05) is 11.6 Å². The first kappa shape index (κ1) is 16.9. The average Bonchev–Trinajstić information content (AvgIpc) is 2.60. The van der Waals surface area contributed by atoms with E-state index in [1.54, 1.807) is 7.11 Å². The molecule has 0 radical (unpaired) electrons. The molecular weight excluding hydrogens is 252 g/mol. The number of aliphatic hydroxyl groups is 1. The molecule has 1 atom stereocenters. The van der Waals surface area contributed by atoms with E-state index in [9.17, 15) is 4.79 Å². The Morgan fingerprint density at radius 1 is 1.40 bits per heavy atom. The number of hydrogen-bond donors (Lipinski definition) is 1. The summed E-state index contributed by atoms with van der Waals surface area (Å²) >= 11 is 0. The van der Waals surface area contributed by atoms with Crippen molar-refractivity contribution in [3.8, 4) is 0 Å². The molecule has 0 aromatic heterocycles. The summed E-state index contributed by atoms with van der Waals surface area (Å²) in [6, 6.07) is 0. The van der Waals surface area contributed by atoms with Crippen molar-refractivity contribution in [3.05, 3.63) is 34.9 Å². The van der Waals surface area contributed by atoms with Gasteiger partial charge in [0.15, 0.2) is 5.78 Å². The van der Waals surface area contributed by atoms with Crippen LogP contribution in [0.2, 0.25) is 0 Å². The molecule has 0 aromatic carbocycles. The first-order chi connectivity index (χ1) is 9.43. The molecule has 0 heterocycles. The molecule has 0 spiro atoms. The molecule has 0 aliphatic heterocycles. The molecule has 0 fully saturated rings. The molecule has 1 aliphatic rings. The normalized spacial score (nSPS) is 25.4. The number of ketones is 1. The van der Waals surface area contributed by atoms with E-state index in [0.29, 0.717) is 6.42 Å². The zero-order valence-corrected chi connectivity index (χ0v) is 13.1. The minimum Gasteiger partial charge on any atom is -0.396 e. The predicted molar refractivity (Wildman–Crippen MR) is 81.6 cm³/mol. The lowest BCUT2D eigenvalue weighted by atomic mass is 9.86. The number of ether oxygens (including phenoxy) is 1. The Morgan fingerprint density at radius 2 is 2.05 bits per heavy atom. The van der Waals surface area contributed by atoms with Gasteiger partial charge in [-0.3, -0.25) is 4.79 Å². The topological polar surface area (TPSA) is 46.5 Å². The standard InChI is InChI=1S/C17H26O3/c1-6-9-14(10-7-8-11-18)15-16(19)12(2)13(3)17(15,4)20-5/h6,18H,1,7-11H2,2-5H3/b15-14-. The van der Waals surface area contributed by atoms with E-state index in [1.165, 1.54) is 0 Å². The number of carbonyl (C=O) groups excluding carboxylic acids is 1. The third-order valence-electron chi connectivity index (χ3n) is 4.36. The molecule has 1 aliphatic carbocycles. The highest BCUT2D eigenvalue weighted by atomic mass is 16.5. The largest absolute Gasteiger partial charge is 0.396 e. The van der Waals surface area contributed by atoms with Gasteiger partial charge in [0.2, 0.25) is 0 Å². The Hall–Kier alpha value is -1.19.